The molecule has 1 atom stereocenters. The molecule has 2 aromatic rings. The van der Waals surface area contributed by atoms with Gasteiger partial charge < -0.3 is 15.4 Å². The molecule has 1 aliphatic heterocycles. The summed E-state index contributed by atoms with van der Waals surface area (Å²) in [6.07, 6.45) is 5.68. The van der Waals surface area contributed by atoms with E-state index >= 15 is 0 Å². The number of nitrogens with one attached hydrogen (secondary N) is 2. The van der Waals surface area contributed by atoms with Gasteiger partial charge in [-0.2, -0.15) is 5.10 Å². The molecule has 0 saturated carbocycles. The van der Waals surface area contributed by atoms with Gasteiger partial charge in [-0.1, -0.05) is 51.0 Å². The molecule has 1 aromatic heterocycles. The number of aliphatic imine (C=N–C) groups is 1. The Bertz CT molecular complexity index is 805. The van der Waals surface area contributed by atoms with Crippen molar-refractivity contribution < 1.29 is 4.74 Å². The van der Waals surface area contributed by atoms with Gasteiger partial charge in [0.1, 0.15) is 12.7 Å². The molecule has 1 aliphatic rings. The Hall–Kier alpha value is -1.72. The average Bonchev–Trinajstić information content (AvgIpc) is 3.34. The number of benzene rings is 1. The summed E-state index contributed by atoms with van der Waals surface area (Å²) in [6, 6.07) is 9.00. The van der Waals surface area contributed by atoms with Crippen LogP contribution in [0.2, 0.25) is 0 Å². The molecule has 1 fully saturated rings. The summed E-state index contributed by atoms with van der Waals surface area (Å²) in [5.41, 5.74) is 2.38. The topological polar surface area (TPSA) is 79.6 Å². The Morgan fingerprint density at radius 1 is 1.12 bits per heavy atom. The number of hydrogen-bond acceptors (Lipinski definition) is 5. The molecule has 184 valence electrons. The van der Waals surface area contributed by atoms with Crippen LogP contribution in [-0.4, -0.2) is 71.1 Å². The Kier molecular flexibility index (Phi) is 12.7. The van der Waals surface area contributed by atoms with Crippen molar-refractivity contribution in [3.05, 3.63) is 48.0 Å². The van der Waals surface area contributed by atoms with Gasteiger partial charge in [-0.05, 0) is 24.0 Å². The Labute approximate surface area is 215 Å². The van der Waals surface area contributed by atoms with Crippen LogP contribution in [0.3, 0.4) is 0 Å². The van der Waals surface area contributed by atoms with E-state index in [9.17, 15) is 0 Å². The van der Waals surface area contributed by atoms with E-state index < -0.39 is 0 Å². The SMILES string of the molecule is CCNC(=NCc1cccc(Cn2cncn2)c1)NCC(C(CC)CC)N1CCOCC1.I. The summed E-state index contributed by atoms with van der Waals surface area (Å²) in [5.74, 6) is 1.54. The first kappa shape index (κ1) is 27.5. The van der Waals surface area contributed by atoms with Crippen molar-refractivity contribution >= 4 is 29.9 Å². The van der Waals surface area contributed by atoms with Gasteiger partial charge in [0, 0.05) is 32.2 Å². The van der Waals surface area contributed by atoms with Crippen molar-refractivity contribution in [2.45, 2.75) is 52.7 Å². The molecule has 0 radical (unpaired) electrons. The van der Waals surface area contributed by atoms with Gasteiger partial charge in [0.15, 0.2) is 5.96 Å². The lowest BCUT2D eigenvalue weighted by atomic mass is 9.92. The van der Waals surface area contributed by atoms with Crippen molar-refractivity contribution in [2.75, 3.05) is 39.4 Å². The molecule has 1 aromatic carbocycles. The van der Waals surface area contributed by atoms with E-state index in [0.717, 1.165) is 45.4 Å². The smallest absolute Gasteiger partial charge is 0.191 e. The largest absolute Gasteiger partial charge is 0.379 e. The number of aromatic nitrogens is 3. The van der Waals surface area contributed by atoms with Gasteiger partial charge in [0.25, 0.3) is 0 Å². The second-order valence-electron chi connectivity index (χ2n) is 8.28. The molecule has 2 N–H and O–H groups in total. The van der Waals surface area contributed by atoms with E-state index in [1.807, 2.05) is 4.68 Å². The lowest BCUT2D eigenvalue weighted by Gasteiger charge is -2.39. The molecule has 33 heavy (non-hydrogen) atoms. The summed E-state index contributed by atoms with van der Waals surface area (Å²) in [5, 5.41) is 11.2. The van der Waals surface area contributed by atoms with Gasteiger partial charge in [-0.15, -0.1) is 24.0 Å². The molecule has 0 amide bonds. The minimum Gasteiger partial charge on any atom is -0.379 e. The van der Waals surface area contributed by atoms with Gasteiger partial charge in [0.05, 0.1) is 26.3 Å². The van der Waals surface area contributed by atoms with E-state index in [4.69, 9.17) is 9.73 Å². The zero-order chi connectivity index (χ0) is 22.6. The predicted molar refractivity (Wildman–Crippen MR) is 144 cm³/mol. The van der Waals surface area contributed by atoms with Crippen molar-refractivity contribution in [1.82, 2.24) is 30.3 Å². The zero-order valence-corrected chi connectivity index (χ0v) is 22.6. The van der Waals surface area contributed by atoms with Crippen LogP contribution in [0.1, 0.15) is 44.7 Å². The first-order chi connectivity index (χ1) is 15.7. The van der Waals surface area contributed by atoms with E-state index in [0.29, 0.717) is 25.0 Å². The average molecular weight is 570 g/mol. The zero-order valence-electron chi connectivity index (χ0n) is 20.2. The van der Waals surface area contributed by atoms with E-state index in [2.05, 4.69) is 70.7 Å². The van der Waals surface area contributed by atoms with E-state index in [-0.39, 0.29) is 24.0 Å². The van der Waals surface area contributed by atoms with Crippen LogP contribution in [0.15, 0.2) is 41.9 Å². The minimum atomic E-state index is 0. The summed E-state index contributed by atoms with van der Waals surface area (Å²) in [4.78, 5) is 11.5. The first-order valence-electron chi connectivity index (χ1n) is 12.0. The number of morpholine rings is 1. The molecule has 0 bridgehead atoms. The van der Waals surface area contributed by atoms with Crippen LogP contribution >= 0.6 is 24.0 Å². The summed E-state index contributed by atoms with van der Waals surface area (Å²) in [7, 11) is 0. The molecule has 9 heteroatoms. The normalized spacial score (nSPS) is 15.8. The highest BCUT2D eigenvalue weighted by Gasteiger charge is 2.27. The van der Waals surface area contributed by atoms with Crippen LogP contribution in [0.4, 0.5) is 0 Å². The van der Waals surface area contributed by atoms with Crippen LogP contribution in [-0.2, 0) is 17.8 Å². The predicted octanol–water partition coefficient (Wildman–Crippen LogP) is 3.14. The van der Waals surface area contributed by atoms with Gasteiger partial charge in [-0.25, -0.2) is 14.7 Å². The highest BCUT2D eigenvalue weighted by Crippen LogP contribution is 2.19. The maximum atomic E-state index is 5.58. The number of rotatable bonds is 11. The number of halogens is 1. The fourth-order valence-corrected chi connectivity index (χ4v) is 4.38. The third-order valence-corrected chi connectivity index (χ3v) is 6.15. The van der Waals surface area contributed by atoms with E-state index in [1.54, 1.807) is 12.7 Å². The van der Waals surface area contributed by atoms with Crippen molar-refractivity contribution in [1.29, 1.82) is 0 Å². The lowest BCUT2D eigenvalue weighted by molar-refractivity contribution is 0.00272. The monoisotopic (exact) mass is 569 g/mol. The lowest BCUT2D eigenvalue weighted by Crippen LogP contribution is -2.53. The molecule has 1 saturated heterocycles. The molecular formula is C24H40IN7O. The van der Waals surface area contributed by atoms with Gasteiger partial charge in [0.2, 0.25) is 0 Å². The quantitative estimate of drug-likeness (QED) is 0.246. The molecule has 0 aliphatic carbocycles. The second kappa shape index (κ2) is 15.2. The van der Waals surface area contributed by atoms with E-state index in [1.165, 1.54) is 24.0 Å². The van der Waals surface area contributed by atoms with Crippen LogP contribution in [0.5, 0.6) is 0 Å². The van der Waals surface area contributed by atoms with Crippen molar-refractivity contribution in [2.24, 2.45) is 10.9 Å². The summed E-state index contributed by atoms with van der Waals surface area (Å²) in [6.45, 7) is 13.5. The molecule has 8 nitrogen and oxygen atoms in total. The number of nitrogens with zero attached hydrogens (tertiary/aromatic N) is 5. The summed E-state index contributed by atoms with van der Waals surface area (Å²) >= 11 is 0. The van der Waals surface area contributed by atoms with Crippen LogP contribution < -0.4 is 10.6 Å². The van der Waals surface area contributed by atoms with Gasteiger partial charge in [-0.3, -0.25) is 4.90 Å². The second-order valence-corrected chi connectivity index (χ2v) is 8.28. The highest BCUT2D eigenvalue weighted by atomic mass is 127. The minimum absolute atomic E-state index is 0. The molecule has 3 rings (SSSR count). The Balaban J connectivity index is 0.00000385. The highest BCUT2D eigenvalue weighted by molar-refractivity contribution is 14.0. The third kappa shape index (κ3) is 8.86. The maximum absolute atomic E-state index is 5.58. The van der Waals surface area contributed by atoms with Gasteiger partial charge >= 0.3 is 0 Å². The number of ether oxygens (including phenoxy) is 1. The summed E-state index contributed by atoms with van der Waals surface area (Å²) < 4.78 is 7.42. The fraction of sp³-hybridized carbons (Fsp3) is 0.625. The molecule has 0 spiro atoms. The van der Waals surface area contributed by atoms with Crippen molar-refractivity contribution in [3.63, 3.8) is 0 Å². The Morgan fingerprint density at radius 2 is 1.88 bits per heavy atom. The molecular weight excluding hydrogens is 529 g/mol. The van der Waals surface area contributed by atoms with Crippen molar-refractivity contribution in [3.8, 4) is 0 Å². The van der Waals surface area contributed by atoms with Crippen LogP contribution in [0, 0.1) is 5.92 Å². The van der Waals surface area contributed by atoms with Crippen LogP contribution in [0.25, 0.3) is 0 Å². The first-order valence-corrected chi connectivity index (χ1v) is 12.0. The number of hydrogen-bond donors (Lipinski definition) is 2. The standard InChI is InChI=1S/C24H39N7O.HI/c1-4-22(5-2)23(30-10-12-32-13-11-30)16-28-24(26-6-3)27-15-20-8-7-9-21(14-20)17-31-19-25-18-29-31;/h7-9,14,18-19,22-23H,4-6,10-13,15-17H2,1-3H3,(H2,26,27,28);1H. The number of guanidine groups is 1. The third-order valence-electron chi connectivity index (χ3n) is 6.15. The Morgan fingerprint density at radius 3 is 2.55 bits per heavy atom. The molecule has 1 unspecified atom stereocenters. The maximum Gasteiger partial charge on any atom is 0.191 e. The molecule has 2 heterocycles. The fourth-order valence-electron chi connectivity index (χ4n) is 4.38.